The quantitative estimate of drug-likeness (QED) is 0.685. The van der Waals surface area contributed by atoms with Gasteiger partial charge in [-0.3, -0.25) is 4.79 Å². The molecule has 3 aromatic rings. The number of rotatable bonds is 4. The lowest BCUT2D eigenvalue weighted by atomic mass is 10.3. The van der Waals surface area contributed by atoms with E-state index in [1.807, 2.05) is 25.3 Å². The van der Waals surface area contributed by atoms with Crippen LogP contribution < -0.4 is 5.56 Å². The second-order valence-corrected chi connectivity index (χ2v) is 6.59. The highest BCUT2D eigenvalue weighted by Gasteiger charge is 2.14. The van der Waals surface area contributed by atoms with Gasteiger partial charge in [0, 0.05) is 6.07 Å². The van der Waals surface area contributed by atoms with E-state index < -0.39 is 5.97 Å². The van der Waals surface area contributed by atoms with E-state index in [1.54, 1.807) is 0 Å². The third-order valence-electron chi connectivity index (χ3n) is 3.04. The van der Waals surface area contributed by atoms with E-state index in [9.17, 15) is 9.59 Å². The summed E-state index contributed by atoms with van der Waals surface area (Å²) < 4.78 is 6.51. The molecule has 0 radical (unpaired) electrons. The number of carbonyl (C=O) groups excluding carboxylic acids is 1. The number of aromatic nitrogens is 3. The van der Waals surface area contributed by atoms with E-state index in [1.165, 1.54) is 33.3 Å². The Morgan fingerprint density at radius 2 is 2.27 bits per heavy atom. The Morgan fingerprint density at radius 1 is 1.45 bits per heavy atom. The van der Waals surface area contributed by atoms with Gasteiger partial charge in [0.25, 0.3) is 5.56 Å². The van der Waals surface area contributed by atoms with Crippen molar-refractivity contribution in [3.8, 4) is 0 Å². The molecule has 3 rings (SSSR count). The highest BCUT2D eigenvalue weighted by molar-refractivity contribution is 7.16. The van der Waals surface area contributed by atoms with Crippen LogP contribution in [-0.4, -0.2) is 20.6 Å². The number of ether oxygens (including phenoxy) is 1. The van der Waals surface area contributed by atoms with Gasteiger partial charge in [-0.1, -0.05) is 18.3 Å². The molecule has 0 N–H and O–H groups in total. The Bertz CT molecular complexity index is 894. The van der Waals surface area contributed by atoms with Gasteiger partial charge in [0.1, 0.15) is 16.5 Å². The van der Waals surface area contributed by atoms with Crippen LogP contribution in [-0.2, 0) is 17.8 Å². The average molecular weight is 335 g/mol. The highest BCUT2D eigenvalue weighted by Crippen LogP contribution is 2.17. The Balaban J connectivity index is 1.81. The van der Waals surface area contributed by atoms with Gasteiger partial charge >= 0.3 is 5.97 Å². The van der Waals surface area contributed by atoms with Crippen molar-refractivity contribution in [2.75, 3.05) is 0 Å². The molecule has 3 aromatic heterocycles. The first-order valence-corrected chi connectivity index (χ1v) is 8.38. The van der Waals surface area contributed by atoms with E-state index in [2.05, 4.69) is 10.1 Å². The summed E-state index contributed by atoms with van der Waals surface area (Å²) in [6.45, 7) is 3.80. The summed E-state index contributed by atoms with van der Waals surface area (Å²) in [5, 5.41) is 6.85. The third kappa shape index (κ3) is 2.79. The van der Waals surface area contributed by atoms with Crippen molar-refractivity contribution in [1.82, 2.24) is 14.6 Å². The molecule has 0 aliphatic carbocycles. The van der Waals surface area contributed by atoms with Crippen LogP contribution in [0.3, 0.4) is 0 Å². The summed E-state index contributed by atoms with van der Waals surface area (Å²) in [6.07, 6.45) is 0.745. The zero-order valence-corrected chi connectivity index (χ0v) is 13.7. The SMILES string of the molecule is CCc1nn2c(=O)cc(COC(=O)c3sccc3C)nc2s1. The average Bonchev–Trinajstić information content (AvgIpc) is 3.10. The third-order valence-corrected chi connectivity index (χ3v) is 5.09. The Labute approximate surface area is 134 Å². The number of carbonyl (C=O) groups is 1. The van der Waals surface area contributed by atoms with E-state index >= 15 is 0 Å². The maximum atomic E-state index is 12.0. The van der Waals surface area contributed by atoms with Crippen LogP contribution in [0.2, 0.25) is 0 Å². The molecule has 3 heterocycles. The van der Waals surface area contributed by atoms with E-state index in [0.29, 0.717) is 15.5 Å². The van der Waals surface area contributed by atoms with Crippen LogP contribution in [0.4, 0.5) is 0 Å². The minimum Gasteiger partial charge on any atom is -0.455 e. The van der Waals surface area contributed by atoms with Crippen LogP contribution in [0.25, 0.3) is 4.96 Å². The molecule has 0 spiro atoms. The zero-order chi connectivity index (χ0) is 15.7. The van der Waals surface area contributed by atoms with Gasteiger partial charge in [0.2, 0.25) is 4.96 Å². The molecule has 22 heavy (non-hydrogen) atoms. The van der Waals surface area contributed by atoms with Gasteiger partial charge in [0.05, 0.1) is 5.69 Å². The molecule has 0 saturated heterocycles. The number of fused-ring (bicyclic) bond motifs is 1. The van der Waals surface area contributed by atoms with Crippen molar-refractivity contribution < 1.29 is 9.53 Å². The van der Waals surface area contributed by atoms with Gasteiger partial charge in [-0.2, -0.15) is 9.61 Å². The van der Waals surface area contributed by atoms with Crippen molar-refractivity contribution in [2.24, 2.45) is 0 Å². The van der Waals surface area contributed by atoms with Gasteiger partial charge in [0.15, 0.2) is 0 Å². The lowest BCUT2D eigenvalue weighted by Gasteiger charge is -2.03. The largest absolute Gasteiger partial charge is 0.455 e. The molecular weight excluding hydrogens is 322 g/mol. The van der Waals surface area contributed by atoms with Crippen molar-refractivity contribution in [1.29, 1.82) is 0 Å². The minimum absolute atomic E-state index is 0.0265. The fourth-order valence-corrected chi connectivity index (χ4v) is 3.57. The Kier molecular flexibility index (Phi) is 4.04. The van der Waals surface area contributed by atoms with E-state index in [4.69, 9.17) is 4.74 Å². The smallest absolute Gasteiger partial charge is 0.348 e. The van der Waals surface area contributed by atoms with Crippen molar-refractivity contribution >= 4 is 33.6 Å². The maximum Gasteiger partial charge on any atom is 0.348 e. The number of nitrogens with zero attached hydrogens (tertiary/aromatic N) is 3. The second kappa shape index (κ2) is 5.98. The normalized spacial score (nSPS) is 11.0. The summed E-state index contributed by atoms with van der Waals surface area (Å²) in [6, 6.07) is 3.21. The summed E-state index contributed by atoms with van der Waals surface area (Å²) in [5.41, 5.74) is 1.05. The number of hydrogen-bond donors (Lipinski definition) is 0. The van der Waals surface area contributed by atoms with Gasteiger partial charge in [-0.05, 0) is 30.4 Å². The van der Waals surface area contributed by atoms with Crippen LogP contribution in [0.15, 0.2) is 22.3 Å². The molecule has 6 nitrogen and oxygen atoms in total. The summed E-state index contributed by atoms with van der Waals surface area (Å²) in [7, 11) is 0. The maximum absolute atomic E-state index is 12.0. The number of thiophene rings is 1. The molecule has 0 amide bonds. The number of aryl methyl sites for hydroxylation is 2. The molecule has 0 saturated carbocycles. The molecule has 114 valence electrons. The Hall–Kier alpha value is -2.06. The molecular formula is C14H13N3O3S2. The molecule has 0 unspecified atom stereocenters. The Morgan fingerprint density at radius 3 is 2.95 bits per heavy atom. The molecule has 0 aromatic carbocycles. The standard InChI is InChI=1S/C14H13N3O3S2/c1-3-10-16-17-11(18)6-9(15-14(17)22-10)7-20-13(19)12-8(2)4-5-21-12/h4-6H,3,7H2,1-2H3. The number of esters is 1. The molecule has 0 aliphatic rings. The van der Waals surface area contributed by atoms with Crippen molar-refractivity contribution in [3.05, 3.63) is 49.0 Å². The zero-order valence-electron chi connectivity index (χ0n) is 12.0. The monoisotopic (exact) mass is 335 g/mol. The molecule has 0 fully saturated rings. The summed E-state index contributed by atoms with van der Waals surface area (Å²) in [4.78, 5) is 29.4. The molecule has 0 bridgehead atoms. The first kappa shape index (κ1) is 14.9. The van der Waals surface area contributed by atoms with Gasteiger partial charge in [-0.15, -0.1) is 11.3 Å². The van der Waals surface area contributed by atoms with E-state index in [-0.39, 0.29) is 12.2 Å². The summed E-state index contributed by atoms with van der Waals surface area (Å²) >= 11 is 2.70. The first-order valence-electron chi connectivity index (χ1n) is 6.68. The second-order valence-electron chi connectivity index (χ2n) is 4.64. The van der Waals surface area contributed by atoms with E-state index in [0.717, 1.165) is 17.0 Å². The molecule has 8 heteroatoms. The van der Waals surface area contributed by atoms with Crippen LogP contribution in [0.5, 0.6) is 0 Å². The van der Waals surface area contributed by atoms with Crippen molar-refractivity contribution in [3.63, 3.8) is 0 Å². The topological polar surface area (TPSA) is 73.6 Å². The molecule has 0 aliphatic heterocycles. The van der Waals surface area contributed by atoms with Crippen LogP contribution in [0.1, 0.15) is 32.9 Å². The number of hydrogen-bond acceptors (Lipinski definition) is 7. The predicted octanol–water partition coefficient (Wildman–Crippen LogP) is 2.44. The van der Waals surface area contributed by atoms with Crippen molar-refractivity contribution in [2.45, 2.75) is 26.9 Å². The highest BCUT2D eigenvalue weighted by atomic mass is 32.1. The van der Waals surface area contributed by atoms with Crippen LogP contribution >= 0.6 is 22.7 Å². The predicted molar refractivity (Wildman–Crippen MR) is 84.7 cm³/mol. The lowest BCUT2D eigenvalue weighted by molar-refractivity contribution is 0.0473. The lowest BCUT2D eigenvalue weighted by Crippen LogP contribution is -2.16. The van der Waals surface area contributed by atoms with Gasteiger partial charge in [-0.25, -0.2) is 9.78 Å². The van der Waals surface area contributed by atoms with Crippen LogP contribution in [0, 0.1) is 6.92 Å². The first-order chi connectivity index (χ1) is 10.6. The fraction of sp³-hybridized carbons (Fsp3) is 0.286. The molecule has 0 atom stereocenters. The summed E-state index contributed by atoms with van der Waals surface area (Å²) in [5.74, 6) is -0.395. The van der Waals surface area contributed by atoms with Gasteiger partial charge < -0.3 is 4.74 Å². The fourth-order valence-electron chi connectivity index (χ4n) is 1.90. The minimum atomic E-state index is -0.395.